The Bertz CT molecular complexity index is 873. The van der Waals surface area contributed by atoms with Crippen molar-refractivity contribution in [2.45, 2.75) is 0 Å². The zero-order valence-corrected chi connectivity index (χ0v) is 12.2. The van der Waals surface area contributed by atoms with Gasteiger partial charge in [-0.1, -0.05) is 18.2 Å². The molecule has 0 aliphatic carbocycles. The van der Waals surface area contributed by atoms with E-state index in [1.54, 1.807) is 42.6 Å². The number of esters is 1. The van der Waals surface area contributed by atoms with E-state index >= 15 is 0 Å². The van der Waals surface area contributed by atoms with Crippen LogP contribution < -0.4 is 10.5 Å². The molecule has 1 heterocycles. The zero-order chi connectivity index (χ0) is 16.2. The number of rotatable bonds is 4. The van der Waals surface area contributed by atoms with Gasteiger partial charge in [-0.15, -0.1) is 0 Å². The highest BCUT2D eigenvalue weighted by Crippen LogP contribution is 2.20. The van der Waals surface area contributed by atoms with Gasteiger partial charge in [-0.2, -0.15) is 0 Å². The van der Waals surface area contributed by atoms with Gasteiger partial charge in [0, 0.05) is 23.2 Å². The summed E-state index contributed by atoms with van der Waals surface area (Å²) in [5, 5.41) is 0.969. The highest BCUT2D eigenvalue weighted by Gasteiger charge is 2.10. The number of nitrogens with two attached hydrogens (primary N) is 1. The highest BCUT2D eigenvalue weighted by atomic mass is 16.5. The van der Waals surface area contributed by atoms with Gasteiger partial charge >= 0.3 is 5.97 Å². The Hall–Kier alpha value is -3.05. The van der Waals surface area contributed by atoms with Crippen LogP contribution in [0, 0.1) is 0 Å². The lowest BCUT2D eigenvalue weighted by atomic mass is 10.1. The SMILES string of the molecule is NCC(=O)c1ccc(C(=O)Oc2ccc3cccnc3c2)cc1. The first kappa shape index (κ1) is 14.9. The van der Waals surface area contributed by atoms with Gasteiger partial charge in [-0.3, -0.25) is 9.78 Å². The topological polar surface area (TPSA) is 82.3 Å². The molecule has 3 aromatic rings. The Morgan fingerprint density at radius 1 is 1.00 bits per heavy atom. The number of ether oxygens (including phenoxy) is 1. The van der Waals surface area contributed by atoms with Crippen LogP contribution in [0.5, 0.6) is 5.75 Å². The Morgan fingerprint density at radius 2 is 1.74 bits per heavy atom. The summed E-state index contributed by atoms with van der Waals surface area (Å²) in [7, 11) is 0. The molecule has 2 N–H and O–H groups in total. The number of aromatic nitrogens is 1. The number of benzene rings is 2. The highest BCUT2D eigenvalue weighted by molar-refractivity contribution is 5.99. The van der Waals surface area contributed by atoms with Gasteiger partial charge < -0.3 is 10.5 Å². The Kier molecular flexibility index (Phi) is 4.12. The fraction of sp³-hybridized carbons (Fsp3) is 0.0556. The van der Waals surface area contributed by atoms with Crippen LogP contribution in [-0.2, 0) is 0 Å². The molecule has 114 valence electrons. The molecule has 0 spiro atoms. The quantitative estimate of drug-likeness (QED) is 0.455. The summed E-state index contributed by atoms with van der Waals surface area (Å²) in [4.78, 5) is 27.8. The van der Waals surface area contributed by atoms with E-state index in [-0.39, 0.29) is 12.3 Å². The number of pyridine rings is 1. The molecule has 5 heteroatoms. The molecule has 23 heavy (non-hydrogen) atoms. The van der Waals surface area contributed by atoms with Crippen LogP contribution in [0.4, 0.5) is 0 Å². The number of carbonyl (C=O) groups excluding carboxylic acids is 2. The average Bonchev–Trinajstić information content (AvgIpc) is 2.61. The van der Waals surface area contributed by atoms with Crippen molar-refractivity contribution in [2.75, 3.05) is 6.54 Å². The van der Waals surface area contributed by atoms with Gasteiger partial charge in [-0.05, 0) is 30.3 Å². The van der Waals surface area contributed by atoms with E-state index in [0.29, 0.717) is 16.9 Å². The molecule has 0 atom stereocenters. The summed E-state index contributed by atoms with van der Waals surface area (Å²) >= 11 is 0. The molecule has 0 unspecified atom stereocenters. The van der Waals surface area contributed by atoms with Gasteiger partial charge in [0.05, 0.1) is 17.6 Å². The van der Waals surface area contributed by atoms with E-state index < -0.39 is 5.97 Å². The molecule has 5 nitrogen and oxygen atoms in total. The molecule has 0 fully saturated rings. The van der Waals surface area contributed by atoms with Crippen molar-refractivity contribution >= 4 is 22.7 Å². The number of carbonyl (C=O) groups is 2. The molecular weight excluding hydrogens is 292 g/mol. The first-order valence-electron chi connectivity index (χ1n) is 7.07. The second-order valence-electron chi connectivity index (χ2n) is 4.95. The summed E-state index contributed by atoms with van der Waals surface area (Å²) in [5.74, 6) is -0.249. The van der Waals surface area contributed by atoms with Crippen LogP contribution in [0.15, 0.2) is 60.8 Å². The third-order valence-electron chi connectivity index (χ3n) is 3.42. The summed E-state index contributed by atoms with van der Waals surface area (Å²) in [5.41, 5.74) is 6.89. The summed E-state index contributed by atoms with van der Waals surface area (Å²) in [6.07, 6.45) is 1.68. The van der Waals surface area contributed by atoms with E-state index in [2.05, 4.69) is 4.98 Å². The molecule has 0 saturated carbocycles. The Morgan fingerprint density at radius 3 is 2.48 bits per heavy atom. The average molecular weight is 306 g/mol. The van der Waals surface area contributed by atoms with Crippen molar-refractivity contribution in [1.82, 2.24) is 4.98 Å². The van der Waals surface area contributed by atoms with Gasteiger partial charge in [0.25, 0.3) is 0 Å². The minimum atomic E-state index is -0.493. The predicted molar refractivity (Wildman–Crippen MR) is 86.5 cm³/mol. The largest absolute Gasteiger partial charge is 0.423 e. The minimum absolute atomic E-state index is 0.0616. The van der Waals surface area contributed by atoms with Gasteiger partial charge in [0.1, 0.15) is 5.75 Å². The number of hydrogen-bond donors (Lipinski definition) is 1. The lowest BCUT2D eigenvalue weighted by molar-refractivity contribution is 0.0734. The Labute approximate surface area is 132 Å². The van der Waals surface area contributed by atoms with E-state index in [1.807, 2.05) is 18.2 Å². The number of hydrogen-bond acceptors (Lipinski definition) is 5. The van der Waals surface area contributed by atoms with Crippen LogP contribution in [0.1, 0.15) is 20.7 Å². The second kappa shape index (κ2) is 6.37. The number of nitrogens with zero attached hydrogens (tertiary/aromatic N) is 1. The first-order chi connectivity index (χ1) is 11.2. The Balaban J connectivity index is 1.78. The zero-order valence-electron chi connectivity index (χ0n) is 12.2. The van der Waals surface area contributed by atoms with Crippen molar-refractivity contribution in [3.05, 3.63) is 71.9 Å². The number of Topliss-reactive ketones (excluding diaryl/α,β-unsaturated/α-hetero) is 1. The molecule has 0 aliphatic heterocycles. The molecule has 0 bridgehead atoms. The fourth-order valence-electron chi connectivity index (χ4n) is 2.19. The molecule has 0 aliphatic rings. The van der Waals surface area contributed by atoms with Crippen LogP contribution in [0.2, 0.25) is 0 Å². The van der Waals surface area contributed by atoms with Gasteiger partial charge in [0.2, 0.25) is 0 Å². The third kappa shape index (κ3) is 3.25. The lowest BCUT2D eigenvalue weighted by Gasteiger charge is -2.06. The van der Waals surface area contributed by atoms with E-state index in [9.17, 15) is 9.59 Å². The molecule has 1 aromatic heterocycles. The minimum Gasteiger partial charge on any atom is -0.423 e. The van der Waals surface area contributed by atoms with Crippen LogP contribution >= 0.6 is 0 Å². The van der Waals surface area contributed by atoms with Crippen molar-refractivity contribution in [1.29, 1.82) is 0 Å². The standard InChI is InChI=1S/C18H14N2O3/c19-11-17(21)13-3-5-14(6-4-13)18(22)23-15-8-7-12-2-1-9-20-16(12)10-15/h1-10H,11,19H2. The lowest BCUT2D eigenvalue weighted by Crippen LogP contribution is -2.14. The summed E-state index contributed by atoms with van der Waals surface area (Å²) in [6, 6.07) is 15.3. The van der Waals surface area contributed by atoms with Crippen LogP contribution in [0.25, 0.3) is 10.9 Å². The van der Waals surface area contributed by atoms with Crippen molar-refractivity contribution in [3.63, 3.8) is 0 Å². The molecule has 2 aromatic carbocycles. The van der Waals surface area contributed by atoms with Crippen LogP contribution in [-0.4, -0.2) is 23.3 Å². The molecule has 0 saturated heterocycles. The van der Waals surface area contributed by atoms with Crippen LogP contribution in [0.3, 0.4) is 0 Å². The monoisotopic (exact) mass is 306 g/mol. The third-order valence-corrected chi connectivity index (χ3v) is 3.42. The fourth-order valence-corrected chi connectivity index (χ4v) is 2.19. The van der Waals surface area contributed by atoms with E-state index in [0.717, 1.165) is 10.9 Å². The maximum Gasteiger partial charge on any atom is 0.343 e. The number of ketones is 1. The molecular formula is C18H14N2O3. The molecule has 0 amide bonds. The van der Waals surface area contributed by atoms with E-state index in [1.165, 1.54) is 0 Å². The normalized spacial score (nSPS) is 10.5. The van der Waals surface area contributed by atoms with Crippen molar-refractivity contribution in [3.8, 4) is 5.75 Å². The predicted octanol–water partition coefficient (Wildman–Crippen LogP) is 2.60. The summed E-state index contributed by atoms with van der Waals surface area (Å²) < 4.78 is 5.35. The molecule has 0 radical (unpaired) electrons. The molecule has 3 rings (SSSR count). The maximum atomic E-state index is 12.1. The van der Waals surface area contributed by atoms with Gasteiger partial charge in [0.15, 0.2) is 5.78 Å². The van der Waals surface area contributed by atoms with E-state index in [4.69, 9.17) is 10.5 Å². The van der Waals surface area contributed by atoms with Gasteiger partial charge in [-0.25, -0.2) is 4.79 Å². The smallest absolute Gasteiger partial charge is 0.343 e. The second-order valence-corrected chi connectivity index (χ2v) is 4.95. The summed E-state index contributed by atoms with van der Waals surface area (Å²) in [6.45, 7) is -0.0616. The maximum absolute atomic E-state index is 12.1. The van der Waals surface area contributed by atoms with Crippen molar-refractivity contribution < 1.29 is 14.3 Å². The number of fused-ring (bicyclic) bond motifs is 1. The van der Waals surface area contributed by atoms with Crippen molar-refractivity contribution in [2.24, 2.45) is 5.73 Å². The first-order valence-corrected chi connectivity index (χ1v) is 7.07.